The van der Waals surface area contributed by atoms with Crippen LogP contribution in [0.3, 0.4) is 0 Å². The number of carbonyl (C=O) groups is 1. The first kappa shape index (κ1) is 12.6. The quantitative estimate of drug-likeness (QED) is 0.914. The molecule has 0 radical (unpaired) electrons. The molecule has 2 rings (SSSR count). The molecule has 0 aliphatic heterocycles. The summed E-state index contributed by atoms with van der Waals surface area (Å²) >= 11 is 3.42. The van der Waals surface area contributed by atoms with Crippen LogP contribution in [-0.4, -0.2) is 28.4 Å². The Balaban J connectivity index is 2.62. The fourth-order valence-corrected chi connectivity index (χ4v) is 2.24. The number of aromatic amines is 1. The number of benzene rings is 1. The minimum absolute atomic E-state index is 0.0421. The van der Waals surface area contributed by atoms with Gasteiger partial charge in [-0.25, -0.2) is 4.79 Å². The summed E-state index contributed by atoms with van der Waals surface area (Å²) in [6, 6.07) is 5.27. The standard InChI is InChI=1S/C12H11BrN2O3/c1-6-3-4-7(13)10(11(6)18-2)8-5-9(12(16)17)15-14-8/h3-5H,1-2H3,(H,14,15)(H,16,17). The molecule has 0 aliphatic carbocycles. The molecule has 0 saturated heterocycles. The molecule has 0 aliphatic rings. The number of aromatic nitrogens is 2. The van der Waals surface area contributed by atoms with Gasteiger partial charge in [-0.1, -0.05) is 6.07 Å². The zero-order valence-electron chi connectivity index (χ0n) is 9.82. The van der Waals surface area contributed by atoms with Crippen molar-refractivity contribution in [3.63, 3.8) is 0 Å². The summed E-state index contributed by atoms with van der Waals surface area (Å²) in [4.78, 5) is 10.8. The Hall–Kier alpha value is -1.82. The molecule has 94 valence electrons. The number of ether oxygens (including phenoxy) is 1. The summed E-state index contributed by atoms with van der Waals surface area (Å²) in [6.07, 6.45) is 0. The van der Waals surface area contributed by atoms with Crippen LogP contribution in [0, 0.1) is 6.92 Å². The first-order chi connectivity index (χ1) is 8.54. The number of carboxylic acid groups (broad SMARTS) is 1. The molecule has 0 bridgehead atoms. The van der Waals surface area contributed by atoms with E-state index in [1.54, 1.807) is 7.11 Å². The van der Waals surface area contributed by atoms with Crippen molar-refractivity contribution in [3.8, 4) is 17.0 Å². The van der Waals surface area contributed by atoms with Gasteiger partial charge in [-0.05, 0) is 40.5 Å². The fraction of sp³-hybridized carbons (Fsp3) is 0.167. The highest BCUT2D eigenvalue weighted by atomic mass is 79.9. The smallest absolute Gasteiger partial charge is 0.353 e. The number of aromatic carboxylic acids is 1. The molecular formula is C12H11BrN2O3. The van der Waals surface area contributed by atoms with Gasteiger partial charge in [0, 0.05) is 4.47 Å². The normalized spacial score (nSPS) is 10.4. The van der Waals surface area contributed by atoms with Gasteiger partial charge in [0.15, 0.2) is 0 Å². The average Bonchev–Trinajstić information content (AvgIpc) is 2.81. The zero-order chi connectivity index (χ0) is 13.3. The Bertz CT molecular complexity index is 607. The van der Waals surface area contributed by atoms with E-state index in [1.807, 2.05) is 19.1 Å². The van der Waals surface area contributed by atoms with Crippen LogP contribution >= 0.6 is 15.9 Å². The van der Waals surface area contributed by atoms with Crippen LogP contribution in [0.4, 0.5) is 0 Å². The molecule has 2 N–H and O–H groups in total. The van der Waals surface area contributed by atoms with Crippen LogP contribution in [0.5, 0.6) is 5.75 Å². The third-order valence-corrected chi connectivity index (χ3v) is 3.23. The number of H-pyrrole nitrogens is 1. The summed E-state index contributed by atoms with van der Waals surface area (Å²) in [5, 5.41) is 15.4. The van der Waals surface area contributed by atoms with Gasteiger partial charge >= 0.3 is 5.97 Å². The highest BCUT2D eigenvalue weighted by molar-refractivity contribution is 9.10. The van der Waals surface area contributed by atoms with Gasteiger partial charge in [0.25, 0.3) is 0 Å². The Kier molecular flexibility index (Phi) is 3.38. The maximum Gasteiger partial charge on any atom is 0.353 e. The highest BCUT2D eigenvalue weighted by Crippen LogP contribution is 2.38. The van der Waals surface area contributed by atoms with E-state index in [1.165, 1.54) is 6.07 Å². The lowest BCUT2D eigenvalue weighted by molar-refractivity contribution is 0.0690. The molecule has 1 heterocycles. The van der Waals surface area contributed by atoms with E-state index < -0.39 is 5.97 Å². The summed E-state index contributed by atoms with van der Waals surface area (Å²) in [6.45, 7) is 1.92. The molecule has 0 saturated carbocycles. The molecule has 0 amide bonds. The minimum Gasteiger partial charge on any atom is -0.496 e. The first-order valence-corrected chi connectivity index (χ1v) is 5.96. The van der Waals surface area contributed by atoms with E-state index in [0.717, 1.165) is 15.6 Å². The molecule has 0 unspecified atom stereocenters. The summed E-state index contributed by atoms with van der Waals surface area (Å²) in [5.41, 5.74) is 2.26. The monoisotopic (exact) mass is 310 g/mol. The van der Waals surface area contributed by atoms with E-state index in [2.05, 4.69) is 26.1 Å². The number of nitrogens with zero attached hydrogens (tertiary/aromatic N) is 1. The van der Waals surface area contributed by atoms with Gasteiger partial charge < -0.3 is 9.84 Å². The van der Waals surface area contributed by atoms with Crippen LogP contribution in [0.25, 0.3) is 11.3 Å². The Labute approximate surface area is 112 Å². The van der Waals surface area contributed by atoms with Crippen molar-refractivity contribution < 1.29 is 14.6 Å². The number of methoxy groups -OCH3 is 1. The molecular weight excluding hydrogens is 300 g/mol. The fourth-order valence-electron chi connectivity index (χ4n) is 1.72. The lowest BCUT2D eigenvalue weighted by atomic mass is 10.1. The molecule has 0 spiro atoms. The number of rotatable bonds is 3. The largest absolute Gasteiger partial charge is 0.496 e. The van der Waals surface area contributed by atoms with E-state index in [4.69, 9.17) is 9.84 Å². The van der Waals surface area contributed by atoms with Gasteiger partial charge in [0.1, 0.15) is 11.4 Å². The lowest BCUT2D eigenvalue weighted by Crippen LogP contribution is -1.95. The number of hydrogen-bond acceptors (Lipinski definition) is 3. The third-order valence-electron chi connectivity index (χ3n) is 2.57. The molecule has 5 nitrogen and oxygen atoms in total. The number of aryl methyl sites for hydroxylation is 1. The molecule has 0 fully saturated rings. The predicted molar refractivity (Wildman–Crippen MR) is 70.0 cm³/mol. The number of hydrogen-bond donors (Lipinski definition) is 2. The van der Waals surface area contributed by atoms with Gasteiger partial charge in [0.2, 0.25) is 0 Å². The molecule has 0 atom stereocenters. The molecule has 2 aromatic rings. The molecule has 1 aromatic carbocycles. The Morgan fingerprint density at radius 1 is 1.50 bits per heavy atom. The van der Waals surface area contributed by atoms with Crippen molar-refractivity contribution >= 4 is 21.9 Å². The van der Waals surface area contributed by atoms with Crippen molar-refractivity contribution in [1.29, 1.82) is 0 Å². The van der Waals surface area contributed by atoms with Crippen molar-refractivity contribution in [2.24, 2.45) is 0 Å². The van der Waals surface area contributed by atoms with E-state index in [9.17, 15) is 4.79 Å². The van der Waals surface area contributed by atoms with Gasteiger partial charge in [-0.2, -0.15) is 5.10 Å². The van der Waals surface area contributed by atoms with Crippen LogP contribution < -0.4 is 4.74 Å². The Morgan fingerprint density at radius 3 is 2.78 bits per heavy atom. The van der Waals surface area contributed by atoms with Crippen molar-refractivity contribution in [3.05, 3.63) is 33.9 Å². The van der Waals surface area contributed by atoms with Crippen molar-refractivity contribution in [2.45, 2.75) is 6.92 Å². The van der Waals surface area contributed by atoms with E-state index in [0.29, 0.717) is 11.4 Å². The topological polar surface area (TPSA) is 75.2 Å². The third kappa shape index (κ3) is 2.11. The van der Waals surface area contributed by atoms with Crippen molar-refractivity contribution in [2.75, 3.05) is 7.11 Å². The number of carboxylic acids is 1. The van der Waals surface area contributed by atoms with Crippen LogP contribution in [0.1, 0.15) is 16.1 Å². The average molecular weight is 311 g/mol. The van der Waals surface area contributed by atoms with Gasteiger partial charge in [-0.3, -0.25) is 5.10 Å². The summed E-state index contributed by atoms with van der Waals surface area (Å²) in [7, 11) is 1.57. The molecule has 1 aromatic heterocycles. The number of nitrogens with one attached hydrogen (secondary N) is 1. The zero-order valence-corrected chi connectivity index (χ0v) is 11.4. The van der Waals surface area contributed by atoms with E-state index in [-0.39, 0.29) is 5.69 Å². The number of halogens is 1. The Morgan fingerprint density at radius 2 is 2.22 bits per heavy atom. The van der Waals surface area contributed by atoms with Gasteiger partial charge in [0.05, 0.1) is 18.4 Å². The van der Waals surface area contributed by atoms with Crippen LogP contribution in [0.2, 0.25) is 0 Å². The van der Waals surface area contributed by atoms with Crippen LogP contribution in [0.15, 0.2) is 22.7 Å². The maximum absolute atomic E-state index is 10.8. The molecule has 6 heteroatoms. The van der Waals surface area contributed by atoms with Crippen molar-refractivity contribution in [1.82, 2.24) is 10.2 Å². The highest BCUT2D eigenvalue weighted by Gasteiger charge is 2.17. The van der Waals surface area contributed by atoms with E-state index >= 15 is 0 Å². The van der Waals surface area contributed by atoms with Gasteiger partial charge in [-0.15, -0.1) is 0 Å². The second-order valence-electron chi connectivity index (χ2n) is 3.74. The summed E-state index contributed by atoms with van der Waals surface area (Å²) in [5.74, 6) is -0.371. The summed E-state index contributed by atoms with van der Waals surface area (Å²) < 4.78 is 6.15. The second-order valence-corrected chi connectivity index (χ2v) is 4.60. The maximum atomic E-state index is 10.8. The SMILES string of the molecule is COc1c(C)ccc(Br)c1-c1cc(C(=O)O)[nH]n1. The predicted octanol–water partition coefficient (Wildman–Crippen LogP) is 2.85. The first-order valence-electron chi connectivity index (χ1n) is 5.16. The van der Waals surface area contributed by atoms with Crippen LogP contribution in [-0.2, 0) is 0 Å². The minimum atomic E-state index is -1.04. The second kappa shape index (κ2) is 4.81. The lowest BCUT2D eigenvalue weighted by Gasteiger charge is -2.11. The molecule has 18 heavy (non-hydrogen) atoms.